The summed E-state index contributed by atoms with van der Waals surface area (Å²) in [6.07, 6.45) is 11.7. The van der Waals surface area contributed by atoms with Gasteiger partial charge in [0.15, 0.2) is 0 Å². The van der Waals surface area contributed by atoms with E-state index in [4.69, 9.17) is 0 Å². The standard InChI is InChI=1S/C26H28N2/c1-19(2)23-11-5-21(6-12-23)9-15-25-17-28-26(18-27-25)16-10-22-7-13-24(14-8-22)20(3)4/h5-20H,1-4H3/b15-9+,16-10+. The molecule has 0 amide bonds. The molecule has 0 radical (unpaired) electrons. The minimum atomic E-state index is 0.553. The Morgan fingerprint density at radius 3 is 1.18 bits per heavy atom. The molecule has 0 spiro atoms. The van der Waals surface area contributed by atoms with Crippen molar-refractivity contribution >= 4 is 24.3 Å². The van der Waals surface area contributed by atoms with E-state index in [2.05, 4.69) is 98.3 Å². The molecular weight excluding hydrogens is 340 g/mol. The van der Waals surface area contributed by atoms with Crippen LogP contribution in [0.4, 0.5) is 0 Å². The predicted octanol–water partition coefficient (Wildman–Crippen LogP) is 7.06. The molecule has 2 aromatic carbocycles. The summed E-state index contributed by atoms with van der Waals surface area (Å²) in [5.74, 6) is 1.11. The van der Waals surface area contributed by atoms with Gasteiger partial charge in [-0.15, -0.1) is 0 Å². The van der Waals surface area contributed by atoms with Gasteiger partial charge in [-0.25, -0.2) is 0 Å². The first-order valence-corrected chi connectivity index (χ1v) is 9.89. The Balaban J connectivity index is 1.62. The van der Waals surface area contributed by atoms with Gasteiger partial charge in [0.1, 0.15) is 0 Å². The Kier molecular flexibility index (Phi) is 6.54. The second-order valence-electron chi connectivity index (χ2n) is 7.68. The van der Waals surface area contributed by atoms with Crippen molar-refractivity contribution in [3.05, 3.63) is 94.6 Å². The van der Waals surface area contributed by atoms with E-state index >= 15 is 0 Å². The van der Waals surface area contributed by atoms with E-state index in [0.717, 1.165) is 11.4 Å². The van der Waals surface area contributed by atoms with Gasteiger partial charge in [0.2, 0.25) is 0 Å². The van der Waals surface area contributed by atoms with Gasteiger partial charge in [-0.1, -0.05) is 88.4 Å². The van der Waals surface area contributed by atoms with Crippen molar-refractivity contribution in [2.24, 2.45) is 0 Å². The fraction of sp³-hybridized carbons (Fsp3) is 0.231. The predicted molar refractivity (Wildman–Crippen MR) is 121 cm³/mol. The van der Waals surface area contributed by atoms with E-state index in [0.29, 0.717) is 11.8 Å². The topological polar surface area (TPSA) is 25.8 Å². The zero-order valence-electron chi connectivity index (χ0n) is 17.1. The summed E-state index contributed by atoms with van der Waals surface area (Å²) in [6.45, 7) is 8.82. The highest BCUT2D eigenvalue weighted by Crippen LogP contribution is 2.17. The summed E-state index contributed by atoms with van der Waals surface area (Å²) in [5, 5.41) is 0. The normalized spacial score (nSPS) is 11.9. The average Bonchev–Trinajstić information content (AvgIpc) is 2.72. The maximum Gasteiger partial charge on any atom is 0.0813 e. The van der Waals surface area contributed by atoms with Gasteiger partial charge >= 0.3 is 0 Å². The van der Waals surface area contributed by atoms with Gasteiger partial charge in [-0.2, -0.15) is 0 Å². The molecule has 2 heteroatoms. The Morgan fingerprint density at radius 1 is 0.536 bits per heavy atom. The minimum Gasteiger partial charge on any atom is -0.253 e. The van der Waals surface area contributed by atoms with Crippen LogP contribution in [0.2, 0.25) is 0 Å². The molecule has 1 heterocycles. The quantitative estimate of drug-likeness (QED) is 0.465. The van der Waals surface area contributed by atoms with Gasteiger partial charge < -0.3 is 0 Å². The van der Waals surface area contributed by atoms with Crippen molar-refractivity contribution in [2.45, 2.75) is 39.5 Å². The summed E-state index contributed by atoms with van der Waals surface area (Å²) in [7, 11) is 0. The molecule has 0 aliphatic carbocycles. The smallest absolute Gasteiger partial charge is 0.0813 e. The number of hydrogen-bond donors (Lipinski definition) is 0. The molecule has 0 unspecified atom stereocenters. The lowest BCUT2D eigenvalue weighted by molar-refractivity contribution is 0.866. The lowest BCUT2D eigenvalue weighted by Crippen LogP contribution is -1.88. The molecule has 0 fully saturated rings. The molecule has 0 bridgehead atoms. The van der Waals surface area contributed by atoms with Crippen LogP contribution in [0, 0.1) is 0 Å². The Bertz CT molecular complexity index is 849. The molecular formula is C26H28N2. The van der Waals surface area contributed by atoms with Crippen molar-refractivity contribution in [1.29, 1.82) is 0 Å². The fourth-order valence-electron chi connectivity index (χ4n) is 2.87. The lowest BCUT2D eigenvalue weighted by Gasteiger charge is -2.04. The Morgan fingerprint density at radius 2 is 0.893 bits per heavy atom. The van der Waals surface area contributed by atoms with Crippen LogP contribution in [0.15, 0.2) is 60.9 Å². The van der Waals surface area contributed by atoms with E-state index in [1.165, 1.54) is 22.3 Å². The van der Waals surface area contributed by atoms with E-state index in [1.807, 2.05) is 12.2 Å². The molecule has 0 aliphatic rings. The van der Waals surface area contributed by atoms with E-state index in [-0.39, 0.29) is 0 Å². The van der Waals surface area contributed by atoms with E-state index < -0.39 is 0 Å². The Hall–Kier alpha value is -3.00. The minimum absolute atomic E-state index is 0.553. The maximum atomic E-state index is 4.49. The molecule has 3 rings (SSSR count). The van der Waals surface area contributed by atoms with E-state index in [1.54, 1.807) is 12.4 Å². The van der Waals surface area contributed by atoms with Crippen LogP contribution in [0.1, 0.15) is 73.2 Å². The number of hydrogen-bond acceptors (Lipinski definition) is 2. The summed E-state index contributed by atoms with van der Waals surface area (Å²) >= 11 is 0. The zero-order chi connectivity index (χ0) is 19.9. The molecule has 0 saturated carbocycles. The van der Waals surface area contributed by atoms with Gasteiger partial charge in [0, 0.05) is 0 Å². The number of nitrogens with zero attached hydrogens (tertiary/aromatic N) is 2. The fourth-order valence-corrected chi connectivity index (χ4v) is 2.87. The SMILES string of the molecule is CC(C)c1ccc(/C=C/c2cnc(/C=C/c3ccc(C(C)C)cc3)cn2)cc1. The van der Waals surface area contributed by atoms with Crippen molar-refractivity contribution in [3.63, 3.8) is 0 Å². The molecule has 142 valence electrons. The lowest BCUT2D eigenvalue weighted by atomic mass is 10.0. The van der Waals surface area contributed by atoms with Crippen LogP contribution in [-0.2, 0) is 0 Å². The third-order valence-electron chi connectivity index (χ3n) is 4.79. The maximum absolute atomic E-state index is 4.49. The second-order valence-corrected chi connectivity index (χ2v) is 7.68. The van der Waals surface area contributed by atoms with Crippen molar-refractivity contribution in [3.8, 4) is 0 Å². The highest BCUT2D eigenvalue weighted by molar-refractivity contribution is 5.70. The van der Waals surface area contributed by atoms with E-state index in [9.17, 15) is 0 Å². The highest BCUT2D eigenvalue weighted by atomic mass is 14.8. The summed E-state index contributed by atoms with van der Waals surface area (Å²) in [6, 6.07) is 17.3. The third kappa shape index (κ3) is 5.50. The monoisotopic (exact) mass is 368 g/mol. The van der Waals surface area contributed by atoms with Crippen LogP contribution in [0.25, 0.3) is 24.3 Å². The van der Waals surface area contributed by atoms with Gasteiger partial charge in [0.25, 0.3) is 0 Å². The first-order valence-electron chi connectivity index (χ1n) is 9.89. The molecule has 1 aromatic heterocycles. The van der Waals surface area contributed by atoms with Crippen LogP contribution < -0.4 is 0 Å². The summed E-state index contributed by atoms with van der Waals surface area (Å²) in [4.78, 5) is 8.98. The highest BCUT2D eigenvalue weighted by Gasteiger charge is 1.99. The zero-order valence-corrected chi connectivity index (χ0v) is 17.1. The molecule has 3 aromatic rings. The first kappa shape index (κ1) is 19.8. The van der Waals surface area contributed by atoms with Crippen molar-refractivity contribution in [1.82, 2.24) is 9.97 Å². The van der Waals surface area contributed by atoms with Crippen molar-refractivity contribution in [2.75, 3.05) is 0 Å². The third-order valence-corrected chi connectivity index (χ3v) is 4.79. The number of benzene rings is 2. The van der Waals surface area contributed by atoms with Gasteiger partial charge in [0.05, 0.1) is 23.8 Å². The molecule has 0 aliphatic heterocycles. The summed E-state index contributed by atoms with van der Waals surface area (Å²) < 4.78 is 0. The molecule has 28 heavy (non-hydrogen) atoms. The summed E-state index contributed by atoms with van der Waals surface area (Å²) in [5.41, 5.74) is 6.75. The van der Waals surface area contributed by atoms with Crippen molar-refractivity contribution < 1.29 is 0 Å². The number of aromatic nitrogens is 2. The number of rotatable bonds is 6. The Labute approximate surface area is 168 Å². The largest absolute Gasteiger partial charge is 0.253 e. The van der Waals surface area contributed by atoms with Crippen LogP contribution >= 0.6 is 0 Å². The van der Waals surface area contributed by atoms with Crippen LogP contribution in [-0.4, -0.2) is 9.97 Å². The second kappa shape index (κ2) is 9.27. The molecule has 0 saturated heterocycles. The molecule has 2 nitrogen and oxygen atoms in total. The van der Waals surface area contributed by atoms with Gasteiger partial charge in [-0.3, -0.25) is 9.97 Å². The first-order chi connectivity index (χ1) is 13.5. The average molecular weight is 369 g/mol. The van der Waals surface area contributed by atoms with Gasteiger partial charge in [-0.05, 0) is 46.2 Å². The molecule has 0 atom stereocenters. The van der Waals surface area contributed by atoms with Crippen LogP contribution in [0.3, 0.4) is 0 Å². The van der Waals surface area contributed by atoms with Crippen LogP contribution in [0.5, 0.6) is 0 Å². The molecule has 0 N–H and O–H groups in total.